The molecular weight excluding hydrogens is 239 g/mol. The minimum absolute atomic E-state index is 0.120. The summed E-state index contributed by atoms with van der Waals surface area (Å²) in [6.45, 7) is 1.45. The summed E-state index contributed by atoms with van der Waals surface area (Å²) in [7, 11) is 0. The third-order valence-corrected chi connectivity index (χ3v) is 2.27. The van der Waals surface area contributed by atoms with Crippen molar-refractivity contribution >= 4 is 21.7 Å². The van der Waals surface area contributed by atoms with Gasteiger partial charge in [0.25, 0.3) is 0 Å². The molecule has 0 aliphatic heterocycles. The van der Waals surface area contributed by atoms with E-state index in [0.717, 1.165) is 6.07 Å². The van der Waals surface area contributed by atoms with E-state index in [4.69, 9.17) is 0 Å². The summed E-state index contributed by atoms with van der Waals surface area (Å²) < 4.78 is 13.0. The molecule has 70 valence electrons. The van der Waals surface area contributed by atoms with Gasteiger partial charge >= 0.3 is 0 Å². The quantitative estimate of drug-likeness (QED) is 0.643. The molecule has 0 heterocycles. The maximum Gasteiger partial charge on any atom is 0.173 e. The third kappa shape index (κ3) is 2.06. The van der Waals surface area contributed by atoms with Crippen molar-refractivity contribution in [3.8, 4) is 5.75 Å². The van der Waals surface area contributed by atoms with Gasteiger partial charge in [0.1, 0.15) is 11.6 Å². The van der Waals surface area contributed by atoms with Crippen molar-refractivity contribution < 1.29 is 14.3 Å². The Morgan fingerprint density at radius 3 is 2.69 bits per heavy atom. The van der Waals surface area contributed by atoms with E-state index in [1.54, 1.807) is 0 Å². The number of halogens is 2. The summed E-state index contributed by atoms with van der Waals surface area (Å²) in [4.78, 5) is 11.1. The largest absolute Gasteiger partial charge is 0.508 e. The summed E-state index contributed by atoms with van der Waals surface area (Å²) >= 11 is 2.97. The second-order valence-electron chi connectivity index (χ2n) is 2.66. The predicted octanol–water partition coefficient (Wildman–Crippen LogP) is 2.42. The zero-order chi connectivity index (χ0) is 10.0. The second kappa shape index (κ2) is 3.87. The number of ketones is 1. The van der Waals surface area contributed by atoms with Crippen LogP contribution in [0.4, 0.5) is 4.39 Å². The van der Waals surface area contributed by atoms with Gasteiger partial charge in [-0.1, -0.05) is 15.9 Å². The highest BCUT2D eigenvalue weighted by molar-refractivity contribution is 9.09. The molecule has 1 rings (SSSR count). The fraction of sp³-hybridized carbons (Fsp3) is 0.222. The minimum Gasteiger partial charge on any atom is -0.508 e. The van der Waals surface area contributed by atoms with E-state index in [-0.39, 0.29) is 28.0 Å². The maximum absolute atomic E-state index is 13.0. The van der Waals surface area contributed by atoms with Crippen LogP contribution in [0.2, 0.25) is 0 Å². The van der Waals surface area contributed by atoms with Gasteiger partial charge in [-0.05, 0) is 19.1 Å². The summed E-state index contributed by atoms with van der Waals surface area (Å²) in [5.41, 5.74) is 0.337. The number of benzene rings is 1. The molecule has 0 saturated carbocycles. The Morgan fingerprint density at radius 1 is 1.62 bits per heavy atom. The Labute approximate surface area is 83.5 Å². The van der Waals surface area contributed by atoms with Crippen LogP contribution in [-0.4, -0.2) is 16.2 Å². The van der Waals surface area contributed by atoms with E-state index in [1.807, 2.05) is 0 Å². The van der Waals surface area contributed by atoms with E-state index in [9.17, 15) is 14.3 Å². The van der Waals surface area contributed by atoms with Gasteiger partial charge in [0.15, 0.2) is 5.78 Å². The Hall–Kier alpha value is -0.900. The maximum atomic E-state index is 13.0. The van der Waals surface area contributed by atoms with Crippen molar-refractivity contribution in [2.45, 2.75) is 6.92 Å². The van der Waals surface area contributed by atoms with Gasteiger partial charge in [-0.25, -0.2) is 4.39 Å². The van der Waals surface area contributed by atoms with Crippen molar-refractivity contribution in [1.82, 2.24) is 0 Å². The Bertz CT molecular complexity index is 326. The Balaban J connectivity index is 3.20. The summed E-state index contributed by atoms with van der Waals surface area (Å²) in [6.07, 6.45) is 0. The first-order valence-electron chi connectivity index (χ1n) is 3.64. The van der Waals surface area contributed by atoms with Crippen LogP contribution in [0.15, 0.2) is 12.1 Å². The number of phenols is 1. The lowest BCUT2D eigenvalue weighted by atomic mass is 10.1. The second-order valence-corrected chi connectivity index (χ2v) is 3.22. The van der Waals surface area contributed by atoms with Crippen LogP contribution >= 0.6 is 15.9 Å². The number of carbonyl (C=O) groups excluding carboxylic acids is 1. The lowest BCUT2D eigenvalue weighted by Gasteiger charge is -2.03. The van der Waals surface area contributed by atoms with Crippen LogP contribution in [0.1, 0.15) is 15.9 Å². The molecule has 0 aliphatic rings. The number of hydrogen-bond donors (Lipinski definition) is 1. The zero-order valence-electron chi connectivity index (χ0n) is 6.97. The molecular formula is C9H8BrFO2. The first kappa shape index (κ1) is 10.2. The van der Waals surface area contributed by atoms with E-state index >= 15 is 0 Å². The average molecular weight is 247 g/mol. The van der Waals surface area contributed by atoms with Crippen LogP contribution in [0, 0.1) is 12.7 Å². The van der Waals surface area contributed by atoms with Crippen molar-refractivity contribution in [3.63, 3.8) is 0 Å². The minimum atomic E-state index is -0.565. The molecule has 0 aromatic heterocycles. The first-order valence-corrected chi connectivity index (χ1v) is 4.76. The van der Waals surface area contributed by atoms with Crippen LogP contribution < -0.4 is 0 Å². The van der Waals surface area contributed by atoms with Crippen LogP contribution in [0.25, 0.3) is 0 Å². The summed E-state index contributed by atoms with van der Waals surface area (Å²) in [5, 5.41) is 9.34. The van der Waals surface area contributed by atoms with Crippen LogP contribution in [0.3, 0.4) is 0 Å². The van der Waals surface area contributed by atoms with Gasteiger partial charge in [-0.15, -0.1) is 0 Å². The number of rotatable bonds is 2. The number of aromatic hydroxyl groups is 1. The third-order valence-electron chi connectivity index (χ3n) is 1.76. The van der Waals surface area contributed by atoms with E-state index in [0.29, 0.717) is 0 Å². The number of phenolic OH excluding ortho intramolecular Hbond substituents is 1. The van der Waals surface area contributed by atoms with E-state index < -0.39 is 5.82 Å². The smallest absolute Gasteiger partial charge is 0.173 e. The zero-order valence-corrected chi connectivity index (χ0v) is 8.56. The Morgan fingerprint density at radius 2 is 2.23 bits per heavy atom. The summed E-state index contributed by atoms with van der Waals surface area (Å²) in [6, 6.07) is 2.39. The van der Waals surface area contributed by atoms with Crippen molar-refractivity contribution in [1.29, 1.82) is 0 Å². The number of carbonyl (C=O) groups is 1. The van der Waals surface area contributed by atoms with Gasteiger partial charge in [0.05, 0.1) is 5.33 Å². The van der Waals surface area contributed by atoms with Gasteiger partial charge in [0.2, 0.25) is 0 Å². The molecule has 0 fully saturated rings. The molecule has 0 radical (unpaired) electrons. The van der Waals surface area contributed by atoms with Crippen molar-refractivity contribution in [3.05, 3.63) is 29.1 Å². The molecule has 0 atom stereocenters. The summed E-state index contributed by atoms with van der Waals surface area (Å²) in [5.74, 6) is -1.01. The molecule has 0 spiro atoms. The molecule has 2 nitrogen and oxygen atoms in total. The molecule has 0 amide bonds. The SMILES string of the molecule is Cc1c(O)cc(C(=O)CBr)cc1F. The monoisotopic (exact) mass is 246 g/mol. The van der Waals surface area contributed by atoms with Gasteiger partial charge in [-0.2, -0.15) is 0 Å². The molecule has 1 aromatic carbocycles. The van der Waals surface area contributed by atoms with Gasteiger partial charge in [0, 0.05) is 11.1 Å². The molecule has 0 bridgehead atoms. The van der Waals surface area contributed by atoms with E-state index in [2.05, 4.69) is 15.9 Å². The molecule has 4 heteroatoms. The topological polar surface area (TPSA) is 37.3 Å². The molecule has 1 aromatic rings. The molecule has 0 saturated heterocycles. The highest BCUT2D eigenvalue weighted by atomic mass is 79.9. The molecule has 0 aliphatic carbocycles. The Kier molecular flexibility index (Phi) is 3.03. The number of alkyl halides is 1. The van der Waals surface area contributed by atoms with Crippen molar-refractivity contribution in [2.75, 3.05) is 5.33 Å². The first-order chi connectivity index (χ1) is 6.06. The fourth-order valence-corrected chi connectivity index (χ4v) is 1.23. The predicted molar refractivity (Wildman–Crippen MR) is 50.9 cm³/mol. The molecule has 13 heavy (non-hydrogen) atoms. The standard InChI is InChI=1S/C9H8BrFO2/c1-5-7(11)2-6(3-8(5)12)9(13)4-10/h2-3,12H,4H2,1H3. The highest BCUT2D eigenvalue weighted by Crippen LogP contribution is 2.21. The highest BCUT2D eigenvalue weighted by Gasteiger charge is 2.10. The van der Waals surface area contributed by atoms with Gasteiger partial charge < -0.3 is 5.11 Å². The van der Waals surface area contributed by atoms with E-state index in [1.165, 1.54) is 13.0 Å². The number of Topliss-reactive ketones (excluding diaryl/α,β-unsaturated/α-hetero) is 1. The molecule has 0 unspecified atom stereocenters. The lowest BCUT2D eigenvalue weighted by molar-refractivity contribution is 0.102. The van der Waals surface area contributed by atoms with Crippen molar-refractivity contribution in [2.24, 2.45) is 0 Å². The number of hydrogen-bond acceptors (Lipinski definition) is 2. The average Bonchev–Trinajstić information content (AvgIpc) is 2.12. The fourth-order valence-electron chi connectivity index (χ4n) is 0.902. The van der Waals surface area contributed by atoms with Gasteiger partial charge in [-0.3, -0.25) is 4.79 Å². The lowest BCUT2D eigenvalue weighted by Crippen LogP contribution is -2.01. The van der Waals surface area contributed by atoms with Crippen LogP contribution in [0.5, 0.6) is 5.75 Å². The van der Waals surface area contributed by atoms with Crippen LogP contribution in [-0.2, 0) is 0 Å². The normalized spacial score (nSPS) is 10.1. The molecule has 1 N–H and O–H groups in total.